The molecule has 0 aromatic heterocycles. The first kappa shape index (κ1) is 19.7. The van der Waals surface area contributed by atoms with Gasteiger partial charge in [-0.2, -0.15) is 0 Å². The lowest BCUT2D eigenvalue weighted by Crippen LogP contribution is -2.47. The van der Waals surface area contributed by atoms with E-state index in [2.05, 4.69) is 60.5 Å². The van der Waals surface area contributed by atoms with E-state index < -0.39 is 0 Å². The van der Waals surface area contributed by atoms with Crippen LogP contribution in [-0.4, -0.2) is 61.6 Å². The summed E-state index contributed by atoms with van der Waals surface area (Å²) in [6.45, 7) is 15.1. The van der Waals surface area contributed by atoms with Crippen LogP contribution in [0.4, 0.5) is 0 Å². The fourth-order valence-corrected chi connectivity index (χ4v) is 2.73. The van der Waals surface area contributed by atoms with E-state index in [0.717, 1.165) is 38.6 Å². The van der Waals surface area contributed by atoms with Crippen molar-refractivity contribution >= 4 is 11.9 Å². The third kappa shape index (κ3) is 7.20. The van der Waals surface area contributed by atoms with Crippen molar-refractivity contribution in [2.24, 2.45) is 10.9 Å². The second-order valence-electron chi connectivity index (χ2n) is 6.64. The van der Waals surface area contributed by atoms with Gasteiger partial charge in [0.05, 0.1) is 6.54 Å². The first-order valence-corrected chi connectivity index (χ1v) is 9.03. The van der Waals surface area contributed by atoms with E-state index in [1.165, 1.54) is 0 Å². The molecule has 0 radical (unpaired) electrons. The number of nitrogens with zero attached hydrogens (tertiary/aromatic N) is 2. The molecule has 2 unspecified atom stereocenters. The van der Waals surface area contributed by atoms with Crippen LogP contribution >= 0.6 is 0 Å². The molecule has 3 N–H and O–H groups in total. The Labute approximate surface area is 141 Å². The summed E-state index contributed by atoms with van der Waals surface area (Å²) in [6.07, 6.45) is 1.40. The minimum Gasteiger partial charge on any atom is -0.357 e. The van der Waals surface area contributed by atoms with Gasteiger partial charge in [-0.3, -0.25) is 14.7 Å². The maximum Gasteiger partial charge on any atom is 0.221 e. The van der Waals surface area contributed by atoms with Crippen LogP contribution in [0.1, 0.15) is 47.5 Å². The zero-order valence-corrected chi connectivity index (χ0v) is 15.5. The van der Waals surface area contributed by atoms with E-state index in [1.54, 1.807) is 0 Å². The zero-order valence-electron chi connectivity index (χ0n) is 15.5. The fourth-order valence-electron chi connectivity index (χ4n) is 2.73. The van der Waals surface area contributed by atoms with Crippen LogP contribution in [0.25, 0.3) is 0 Å². The number of likely N-dealkylation sites (tertiary alicyclic amines) is 1. The standard InChI is InChI=1S/C17H35N5O/c1-6-9-19-16(23)8-10-20-17(18-7-2)21-15-12-22(13(3)4)11-14(15)5/h13-15H,6-12H2,1-5H3,(H,19,23)(H2,18,20,21). The molecule has 0 bridgehead atoms. The largest absolute Gasteiger partial charge is 0.357 e. The van der Waals surface area contributed by atoms with E-state index in [1.807, 2.05) is 0 Å². The first-order chi connectivity index (χ1) is 11.0. The Kier molecular flexibility index (Phi) is 8.99. The number of carbonyl (C=O) groups is 1. The summed E-state index contributed by atoms with van der Waals surface area (Å²) in [7, 11) is 0. The number of guanidine groups is 1. The van der Waals surface area contributed by atoms with Crippen LogP contribution in [0.15, 0.2) is 4.99 Å². The molecule has 0 aliphatic carbocycles. The minimum absolute atomic E-state index is 0.0756. The predicted octanol–water partition coefficient (Wildman–Crippen LogP) is 1.19. The summed E-state index contributed by atoms with van der Waals surface area (Å²) in [5.41, 5.74) is 0. The van der Waals surface area contributed by atoms with Crippen LogP contribution in [0.3, 0.4) is 0 Å². The van der Waals surface area contributed by atoms with Crippen molar-refractivity contribution in [3.8, 4) is 0 Å². The Balaban J connectivity index is 2.47. The number of nitrogens with one attached hydrogen (secondary N) is 3. The summed E-state index contributed by atoms with van der Waals surface area (Å²) in [6, 6.07) is 0.982. The van der Waals surface area contributed by atoms with E-state index in [-0.39, 0.29) is 5.91 Å². The van der Waals surface area contributed by atoms with Gasteiger partial charge in [-0.25, -0.2) is 0 Å². The van der Waals surface area contributed by atoms with Crippen molar-refractivity contribution in [1.82, 2.24) is 20.9 Å². The number of amides is 1. The maximum atomic E-state index is 11.6. The molecule has 0 spiro atoms. The number of rotatable bonds is 8. The minimum atomic E-state index is 0.0756. The molecule has 1 fully saturated rings. The van der Waals surface area contributed by atoms with E-state index in [0.29, 0.717) is 31.0 Å². The second-order valence-corrected chi connectivity index (χ2v) is 6.64. The molecule has 2 atom stereocenters. The van der Waals surface area contributed by atoms with Gasteiger partial charge in [0, 0.05) is 44.7 Å². The first-order valence-electron chi connectivity index (χ1n) is 9.03. The molecular formula is C17H35N5O. The number of aliphatic imine (C=N–C) groups is 1. The van der Waals surface area contributed by atoms with Crippen molar-refractivity contribution in [1.29, 1.82) is 0 Å². The molecule has 1 aliphatic rings. The molecule has 1 amide bonds. The Morgan fingerprint density at radius 1 is 1.26 bits per heavy atom. The molecule has 6 nitrogen and oxygen atoms in total. The number of carbonyl (C=O) groups excluding carboxylic acids is 1. The topological polar surface area (TPSA) is 68.8 Å². The van der Waals surface area contributed by atoms with Gasteiger partial charge in [-0.1, -0.05) is 13.8 Å². The lowest BCUT2D eigenvalue weighted by atomic mass is 10.1. The highest BCUT2D eigenvalue weighted by molar-refractivity contribution is 5.81. The highest BCUT2D eigenvalue weighted by atomic mass is 16.1. The number of hydrogen-bond acceptors (Lipinski definition) is 3. The van der Waals surface area contributed by atoms with Crippen molar-refractivity contribution in [2.45, 2.75) is 59.5 Å². The highest BCUT2D eigenvalue weighted by Crippen LogP contribution is 2.18. The van der Waals surface area contributed by atoms with E-state index >= 15 is 0 Å². The van der Waals surface area contributed by atoms with Crippen LogP contribution < -0.4 is 16.0 Å². The van der Waals surface area contributed by atoms with Crippen LogP contribution in [0, 0.1) is 5.92 Å². The molecule has 0 aromatic carbocycles. The smallest absolute Gasteiger partial charge is 0.221 e. The SMILES string of the molecule is CCCNC(=O)CCN=C(NCC)NC1CN(C(C)C)CC1C. The quantitative estimate of drug-likeness (QED) is 0.463. The summed E-state index contributed by atoms with van der Waals surface area (Å²) >= 11 is 0. The molecule has 1 saturated heterocycles. The Hall–Kier alpha value is -1.30. The van der Waals surface area contributed by atoms with Gasteiger partial charge in [0.1, 0.15) is 0 Å². The third-order valence-electron chi connectivity index (χ3n) is 4.22. The molecule has 134 valence electrons. The van der Waals surface area contributed by atoms with Gasteiger partial charge >= 0.3 is 0 Å². The average Bonchev–Trinajstić information content (AvgIpc) is 2.86. The molecule has 1 rings (SSSR count). The molecular weight excluding hydrogens is 290 g/mol. The second kappa shape index (κ2) is 10.5. The summed E-state index contributed by atoms with van der Waals surface area (Å²) in [5.74, 6) is 1.49. The average molecular weight is 326 g/mol. The van der Waals surface area contributed by atoms with Gasteiger partial charge in [-0.15, -0.1) is 0 Å². The van der Waals surface area contributed by atoms with Crippen molar-refractivity contribution < 1.29 is 4.79 Å². The van der Waals surface area contributed by atoms with Crippen molar-refractivity contribution in [2.75, 3.05) is 32.7 Å². The number of hydrogen-bond donors (Lipinski definition) is 3. The molecule has 1 aliphatic heterocycles. The molecule has 0 aromatic rings. The lowest BCUT2D eigenvalue weighted by molar-refractivity contribution is -0.120. The lowest BCUT2D eigenvalue weighted by Gasteiger charge is -2.21. The Morgan fingerprint density at radius 2 is 2.00 bits per heavy atom. The fraction of sp³-hybridized carbons (Fsp3) is 0.882. The molecule has 0 saturated carbocycles. The summed E-state index contributed by atoms with van der Waals surface area (Å²) in [4.78, 5) is 18.7. The van der Waals surface area contributed by atoms with Crippen LogP contribution in [0.5, 0.6) is 0 Å². The normalized spacial score (nSPS) is 22.4. The third-order valence-corrected chi connectivity index (χ3v) is 4.22. The zero-order chi connectivity index (χ0) is 17.2. The molecule has 6 heteroatoms. The van der Waals surface area contributed by atoms with Crippen molar-refractivity contribution in [3.63, 3.8) is 0 Å². The Bertz CT molecular complexity index is 383. The van der Waals surface area contributed by atoms with Gasteiger partial charge in [-0.05, 0) is 33.1 Å². The predicted molar refractivity (Wildman–Crippen MR) is 96.7 cm³/mol. The molecule has 1 heterocycles. The van der Waals surface area contributed by atoms with Crippen LogP contribution in [0.2, 0.25) is 0 Å². The summed E-state index contributed by atoms with van der Waals surface area (Å²) in [5, 5.41) is 9.69. The van der Waals surface area contributed by atoms with Gasteiger partial charge in [0.15, 0.2) is 5.96 Å². The Morgan fingerprint density at radius 3 is 2.57 bits per heavy atom. The summed E-state index contributed by atoms with van der Waals surface area (Å²) < 4.78 is 0. The highest BCUT2D eigenvalue weighted by Gasteiger charge is 2.31. The van der Waals surface area contributed by atoms with Gasteiger partial charge in [0.2, 0.25) is 5.91 Å². The van der Waals surface area contributed by atoms with Gasteiger partial charge < -0.3 is 16.0 Å². The van der Waals surface area contributed by atoms with Crippen molar-refractivity contribution in [3.05, 3.63) is 0 Å². The van der Waals surface area contributed by atoms with E-state index in [4.69, 9.17) is 0 Å². The van der Waals surface area contributed by atoms with E-state index in [9.17, 15) is 4.79 Å². The molecule has 23 heavy (non-hydrogen) atoms. The monoisotopic (exact) mass is 325 g/mol. The maximum absolute atomic E-state index is 11.6. The van der Waals surface area contributed by atoms with Crippen LogP contribution in [-0.2, 0) is 4.79 Å². The van der Waals surface area contributed by atoms with Gasteiger partial charge in [0.25, 0.3) is 0 Å².